The van der Waals surface area contributed by atoms with Gasteiger partial charge in [-0.1, -0.05) is 49.9 Å². The highest BCUT2D eigenvalue weighted by Crippen LogP contribution is 2.53. The minimum Gasteiger partial charge on any atom is -0.274 e. The zero-order valence-corrected chi connectivity index (χ0v) is 21.5. The lowest BCUT2D eigenvalue weighted by Gasteiger charge is -2.17. The second kappa shape index (κ2) is 8.06. The molecule has 0 N–H and O–H groups in total. The maximum Gasteiger partial charge on any atom is 0.238 e. The van der Waals surface area contributed by atoms with Crippen LogP contribution in [0.15, 0.2) is 46.8 Å². The number of aromatic nitrogens is 1. The summed E-state index contributed by atoms with van der Waals surface area (Å²) in [6.07, 6.45) is 5.22. The van der Waals surface area contributed by atoms with Crippen LogP contribution in [0.4, 0.5) is 5.69 Å². The molecule has 0 spiro atoms. The number of carbonyl (C=O) groups is 2. The molecule has 2 heterocycles. The maximum absolute atomic E-state index is 13.2. The summed E-state index contributed by atoms with van der Waals surface area (Å²) in [6.45, 7) is 8.85. The van der Waals surface area contributed by atoms with Gasteiger partial charge < -0.3 is 0 Å². The molecule has 3 aliphatic rings. The van der Waals surface area contributed by atoms with Gasteiger partial charge in [-0.2, -0.15) is 0 Å². The van der Waals surface area contributed by atoms with E-state index >= 15 is 0 Å². The number of imide groups is 1. The van der Waals surface area contributed by atoms with Crippen molar-refractivity contribution in [3.05, 3.63) is 64.7 Å². The first-order valence-electron chi connectivity index (χ1n) is 12.0. The Balaban J connectivity index is 1.23. The van der Waals surface area contributed by atoms with Gasteiger partial charge in [-0.3, -0.25) is 9.59 Å². The highest BCUT2D eigenvalue weighted by molar-refractivity contribution is 8.00. The number of hydrogen-bond donors (Lipinski definition) is 0. The van der Waals surface area contributed by atoms with Gasteiger partial charge in [0.2, 0.25) is 11.8 Å². The number of fused-ring (bicyclic) bond motifs is 6. The Morgan fingerprint density at radius 3 is 2.29 bits per heavy atom. The van der Waals surface area contributed by atoms with Crippen LogP contribution in [0.2, 0.25) is 0 Å². The molecule has 0 unspecified atom stereocenters. The van der Waals surface area contributed by atoms with Gasteiger partial charge in [0.25, 0.3) is 0 Å². The normalized spacial score (nSPS) is 25.4. The molecule has 2 amide bonds. The van der Waals surface area contributed by atoms with Crippen LogP contribution in [0.25, 0.3) is 10.2 Å². The number of thiazole rings is 1. The second-order valence-corrected chi connectivity index (χ2v) is 12.5. The van der Waals surface area contributed by atoms with E-state index in [0.29, 0.717) is 11.6 Å². The lowest BCUT2D eigenvalue weighted by Crippen LogP contribution is -2.32. The molecular weight excluding hydrogens is 460 g/mol. The second-order valence-electron chi connectivity index (χ2n) is 10.2. The number of aryl methyl sites for hydroxylation is 2. The van der Waals surface area contributed by atoms with Gasteiger partial charge in [-0.15, -0.1) is 11.3 Å². The standard InChI is InChI=1S/C28H28N2O2S2/c1-14(2)19-9-15(3)21(16(4)10-19)13-33-28-29-22-8-7-20(12-23(22)34-28)30-26(31)24-17-5-6-18(11-17)25(24)27(30)32/h5-10,12,14,17-18,24-25H,11,13H2,1-4H3/t17-,18-,24+,25+/m0/s1. The molecule has 1 saturated heterocycles. The molecule has 2 aromatic carbocycles. The Morgan fingerprint density at radius 2 is 1.68 bits per heavy atom. The number of carbonyl (C=O) groups excluding carboxylic acids is 2. The number of hydrogen-bond acceptors (Lipinski definition) is 5. The van der Waals surface area contributed by atoms with Gasteiger partial charge in [-0.05, 0) is 78.5 Å². The number of thioether (sulfide) groups is 1. The molecule has 3 aromatic rings. The first-order valence-corrected chi connectivity index (χ1v) is 13.8. The molecule has 2 fully saturated rings. The van der Waals surface area contributed by atoms with Crippen LogP contribution >= 0.6 is 23.1 Å². The highest BCUT2D eigenvalue weighted by atomic mass is 32.2. The van der Waals surface area contributed by atoms with Crippen molar-refractivity contribution < 1.29 is 9.59 Å². The van der Waals surface area contributed by atoms with E-state index in [4.69, 9.17) is 4.98 Å². The summed E-state index contributed by atoms with van der Waals surface area (Å²) in [5.74, 6) is 1.48. The number of anilines is 1. The van der Waals surface area contributed by atoms with Gasteiger partial charge in [0.15, 0.2) is 4.34 Å². The van der Waals surface area contributed by atoms with Crippen molar-refractivity contribution >= 4 is 50.8 Å². The molecule has 2 aliphatic carbocycles. The van der Waals surface area contributed by atoms with Gasteiger partial charge in [0.1, 0.15) is 0 Å². The predicted octanol–water partition coefficient (Wildman–Crippen LogP) is 6.64. The van der Waals surface area contributed by atoms with Crippen molar-refractivity contribution in [3.63, 3.8) is 0 Å². The molecule has 1 aromatic heterocycles. The Kier molecular flexibility index (Phi) is 5.23. The summed E-state index contributed by atoms with van der Waals surface area (Å²) in [4.78, 5) is 32.6. The van der Waals surface area contributed by atoms with Crippen LogP contribution in [-0.2, 0) is 15.3 Å². The fraction of sp³-hybridized carbons (Fsp3) is 0.393. The van der Waals surface area contributed by atoms with Crippen molar-refractivity contribution in [2.45, 2.75) is 50.1 Å². The van der Waals surface area contributed by atoms with Crippen LogP contribution in [-0.4, -0.2) is 16.8 Å². The van der Waals surface area contributed by atoms with E-state index in [1.807, 2.05) is 18.2 Å². The Bertz CT molecular complexity index is 1320. The summed E-state index contributed by atoms with van der Waals surface area (Å²) in [5.41, 5.74) is 7.03. The number of rotatable bonds is 5. The summed E-state index contributed by atoms with van der Waals surface area (Å²) >= 11 is 3.39. The van der Waals surface area contributed by atoms with Crippen LogP contribution in [0.3, 0.4) is 0 Å². The number of amides is 2. The van der Waals surface area contributed by atoms with Crippen LogP contribution in [0.1, 0.15) is 48.4 Å². The van der Waals surface area contributed by atoms with Crippen LogP contribution in [0.5, 0.6) is 0 Å². The van der Waals surface area contributed by atoms with Crippen molar-refractivity contribution in [2.24, 2.45) is 23.7 Å². The monoisotopic (exact) mass is 488 g/mol. The van der Waals surface area contributed by atoms with Gasteiger partial charge >= 0.3 is 0 Å². The smallest absolute Gasteiger partial charge is 0.238 e. The third-order valence-corrected chi connectivity index (χ3v) is 9.99. The van der Waals surface area contributed by atoms with Crippen molar-refractivity contribution in [3.8, 4) is 0 Å². The van der Waals surface area contributed by atoms with Gasteiger partial charge in [0.05, 0.1) is 27.7 Å². The quantitative estimate of drug-likeness (QED) is 0.229. The van der Waals surface area contributed by atoms with Crippen LogP contribution in [0, 0.1) is 37.5 Å². The fourth-order valence-electron chi connectivity index (χ4n) is 5.97. The summed E-state index contributed by atoms with van der Waals surface area (Å²) < 4.78 is 2.03. The summed E-state index contributed by atoms with van der Waals surface area (Å²) in [5, 5.41) is 0. The van der Waals surface area contributed by atoms with E-state index < -0.39 is 0 Å². The van der Waals surface area contributed by atoms with Crippen molar-refractivity contribution in [2.75, 3.05) is 4.90 Å². The largest absolute Gasteiger partial charge is 0.274 e. The van der Waals surface area contributed by atoms with Crippen molar-refractivity contribution in [1.82, 2.24) is 4.98 Å². The molecule has 34 heavy (non-hydrogen) atoms. The molecule has 6 heteroatoms. The molecule has 1 saturated carbocycles. The first kappa shape index (κ1) is 22.1. The Labute approximate surface area is 208 Å². The first-order chi connectivity index (χ1) is 16.3. The molecule has 1 aliphatic heterocycles. The van der Waals surface area contributed by atoms with E-state index in [1.165, 1.54) is 27.2 Å². The Hall–Kier alpha value is -2.44. The lowest BCUT2D eigenvalue weighted by atomic mass is 9.85. The van der Waals surface area contributed by atoms with E-state index in [2.05, 4.69) is 52.0 Å². The van der Waals surface area contributed by atoms with E-state index in [-0.39, 0.29) is 35.5 Å². The summed E-state index contributed by atoms with van der Waals surface area (Å²) in [6, 6.07) is 10.4. The molecule has 0 radical (unpaired) electrons. The van der Waals surface area contributed by atoms with Crippen molar-refractivity contribution in [1.29, 1.82) is 0 Å². The molecule has 4 atom stereocenters. The van der Waals surface area contributed by atoms with Gasteiger partial charge in [-0.25, -0.2) is 9.88 Å². The topological polar surface area (TPSA) is 50.3 Å². The van der Waals surface area contributed by atoms with E-state index in [9.17, 15) is 9.59 Å². The average Bonchev–Trinajstić information content (AvgIpc) is 3.55. The number of allylic oxidation sites excluding steroid dienone is 2. The summed E-state index contributed by atoms with van der Waals surface area (Å²) in [7, 11) is 0. The van der Waals surface area contributed by atoms with Crippen LogP contribution < -0.4 is 4.90 Å². The van der Waals surface area contributed by atoms with E-state index in [0.717, 1.165) is 26.7 Å². The number of benzene rings is 2. The minimum atomic E-state index is -0.167. The molecule has 174 valence electrons. The lowest BCUT2D eigenvalue weighted by molar-refractivity contribution is -0.123. The zero-order chi connectivity index (χ0) is 23.7. The average molecular weight is 489 g/mol. The maximum atomic E-state index is 13.2. The minimum absolute atomic E-state index is 0.0268. The molecular formula is C28H28N2O2S2. The molecule has 4 nitrogen and oxygen atoms in total. The SMILES string of the molecule is Cc1cc(C(C)C)cc(C)c1CSc1nc2ccc(N3C(=O)[C@H]4[C@H](C3=O)[C@H]3C=C[C@H]4C3)cc2s1. The fourth-order valence-corrected chi connectivity index (χ4v) is 8.27. The molecule has 6 rings (SSSR count). The predicted molar refractivity (Wildman–Crippen MR) is 139 cm³/mol. The molecule has 2 bridgehead atoms. The third kappa shape index (κ3) is 3.37. The highest BCUT2D eigenvalue weighted by Gasteiger charge is 2.59. The number of nitrogens with zero attached hydrogens (tertiary/aromatic N) is 2. The zero-order valence-electron chi connectivity index (χ0n) is 19.9. The van der Waals surface area contributed by atoms with Gasteiger partial charge in [0, 0.05) is 5.75 Å². The third-order valence-electron chi connectivity index (χ3n) is 7.81. The van der Waals surface area contributed by atoms with E-state index in [1.54, 1.807) is 23.1 Å². The Morgan fingerprint density at radius 1 is 1.03 bits per heavy atom.